The van der Waals surface area contributed by atoms with E-state index < -0.39 is 6.10 Å². The van der Waals surface area contributed by atoms with Gasteiger partial charge in [0.15, 0.2) is 0 Å². The number of aliphatic hydroxyl groups excluding tert-OH is 1. The third-order valence-corrected chi connectivity index (χ3v) is 1.86. The fraction of sp³-hybridized carbons (Fsp3) is 0.364. The predicted octanol–water partition coefficient (Wildman–Crippen LogP) is 2.03. The van der Waals surface area contributed by atoms with E-state index in [2.05, 4.69) is 0 Å². The summed E-state index contributed by atoms with van der Waals surface area (Å²) in [6.45, 7) is 2.43. The van der Waals surface area contributed by atoms with Gasteiger partial charge in [0.2, 0.25) is 0 Å². The topological polar surface area (TPSA) is 53.2 Å². The number of aliphatic hydroxyl groups is 1. The number of para-hydroxylation sites is 1. The summed E-state index contributed by atoms with van der Waals surface area (Å²) in [5.74, 6) is 0.651. The Labute approximate surface area is 83.6 Å². The highest BCUT2D eigenvalue weighted by Gasteiger charge is 2.11. The molecule has 0 aliphatic carbocycles. The van der Waals surface area contributed by atoms with E-state index in [0.29, 0.717) is 17.9 Å². The largest absolute Gasteiger partial charge is 0.493 e. The van der Waals surface area contributed by atoms with Crippen LogP contribution in [-0.2, 0) is 0 Å². The van der Waals surface area contributed by atoms with Crippen LogP contribution in [0.4, 0.5) is 0 Å². The molecule has 0 amide bonds. The summed E-state index contributed by atoms with van der Waals surface area (Å²) in [6, 6.07) is 9.15. The van der Waals surface area contributed by atoms with Crippen molar-refractivity contribution in [3.05, 3.63) is 29.8 Å². The Bertz CT molecular complexity index is 330. The van der Waals surface area contributed by atoms with E-state index in [-0.39, 0.29) is 6.42 Å². The summed E-state index contributed by atoms with van der Waals surface area (Å²) in [5, 5.41) is 18.1. The van der Waals surface area contributed by atoms with E-state index in [4.69, 9.17) is 10.00 Å². The number of rotatable bonds is 4. The summed E-state index contributed by atoms with van der Waals surface area (Å²) < 4.78 is 5.34. The molecular weight excluding hydrogens is 178 g/mol. The van der Waals surface area contributed by atoms with E-state index in [0.717, 1.165) is 0 Å². The summed E-state index contributed by atoms with van der Waals surface area (Å²) in [7, 11) is 0. The lowest BCUT2D eigenvalue weighted by atomic mass is 10.1. The van der Waals surface area contributed by atoms with Crippen LogP contribution in [-0.4, -0.2) is 11.7 Å². The number of ether oxygens (including phenoxy) is 1. The standard InChI is InChI=1S/C11H13NO2/c1-2-14-11-6-4-3-5-9(11)10(13)7-8-12/h3-6,10,13H,2,7H2,1H3. The Balaban J connectivity index is 2.89. The molecule has 3 nitrogen and oxygen atoms in total. The molecular formula is C11H13NO2. The molecule has 1 rings (SSSR count). The van der Waals surface area contributed by atoms with Crippen molar-refractivity contribution in [3.8, 4) is 11.8 Å². The summed E-state index contributed by atoms with van der Waals surface area (Å²) in [6.07, 6.45) is -0.674. The van der Waals surface area contributed by atoms with Crippen LogP contribution in [0.25, 0.3) is 0 Å². The molecule has 14 heavy (non-hydrogen) atoms. The van der Waals surface area contributed by atoms with Gasteiger partial charge in [-0.1, -0.05) is 18.2 Å². The molecule has 0 fully saturated rings. The highest BCUT2D eigenvalue weighted by atomic mass is 16.5. The maximum Gasteiger partial charge on any atom is 0.125 e. The van der Waals surface area contributed by atoms with Crippen molar-refractivity contribution in [2.24, 2.45) is 0 Å². The molecule has 0 saturated carbocycles. The summed E-state index contributed by atoms with van der Waals surface area (Å²) in [5.41, 5.74) is 0.677. The van der Waals surface area contributed by atoms with Crippen LogP contribution in [0.5, 0.6) is 5.75 Å². The molecule has 0 spiro atoms. The van der Waals surface area contributed by atoms with Crippen molar-refractivity contribution in [3.63, 3.8) is 0 Å². The molecule has 3 heteroatoms. The Morgan fingerprint density at radius 1 is 1.50 bits per heavy atom. The van der Waals surface area contributed by atoms with Crippen LogP contribution in [0.1, 0.15) is 25.0 Å². The van der Waals surface area contributed by atoms with Gasteiger partial charge in [0, 0.05) is 5.56 Å². The van der Waals surface area contributed by atoms with Gasteiger partial charge in [0.1, 0.15) is 5.75 Å². The predicted molar refractivity (Wildman–Crippen MR) is 52.8 cm³/mol. The molecule has 0 bridgehead atoms. The molecule has 0 aliphatic rings. The highest BCUT2D eigenvalue weighted by molar-refractivity contribution is 5.35. The lowest BCUT2D eigenvalue weighted by Crippen LogP contribution is -2.01. The van der Waals surface area contributed by atoms with E-state index in [9.17, 15) is 5.11 Å². The first kappa shape index (κ1) is 10.6. The maximum atomic E-state index is 9.63. The zero-order valence-corrected chi connectivity index (χ0v) is 8.10. The molecule has 0 aliphatic heterocycles. The Hall–Kier alpha value is -1.53. The summed E-state index contributed by atoms with van der Waals surface area (Å²) in [4.78, 5) is 0. The van der Waals surface area contributed by atoms with Gasteiger partial charge in [-0.05, 0) is 13.0 Å². The Kier molecular flexibility index (Phi) is 3.96. The van der Waals surface area contributed by atoms with Crippen LogP contribution in [0, 0.1) is 11.3 Å². The lowest BCUT2D eigenvalue weighted by molar-refractivity contribution is 0.177. The van der Waals surface area contributed by atoms with E-state index in [1.165, 1.54) is 0 Å². The minimum atomic E-state index is -0.761. The van der Waals surface area contributed by atoms with Crippen molar-refractivity contribution >= 4 is 0 Å². The molecule has 1 aromatic carbocycles. The van der Waals surface area contributed by atoms with E-state index in [1.54, 1.807) is 12.1 Å². The maximum absolute atomic E-state index is 9.63. The normalized spacial score (nSPS) is 11.8. The smallest absolute Gasteiger partial charge is 0.125 e. The third kappa shape index (κ3) is 2.48. The van der Waals surface area contributed by atoms with Crippen LogP contribution in [0.15, 0.2) is 24.3 Å². The number of benzene rings is 1. The SMILES string of the molecule is CCOc1ccccc1C(O)CC#N. The Morgan fingerprint density at radius 2 is 2.21 bits per heavy atom. The van der Waals surface area contributed by atoms with Gasteiger partial charge in [0.25, 0.3) is 0 Å². The first-order chi connectivity index (χ1) is 6.79. The molecule has 0 radical (unpaired) electrons. The molecule has 1 atom stereocenters. The first-order valence-electron chi connectivity index (χ1n) is 4.56. The second-order valence-electron chi connectivity index (χ2n) is 2.85. The van der Waals surface area contributed by atoms with Gasteiger partial charge < -0.3 is 9.84 Å². The van der Waals surface area contributed by atoms with Gasteiger partial charge in [-0.3, -0.25) is 0 Å². The zero-order valence-electron chi connectivity index (χ0n) is 8.10. The second-order valence-corrected chi connectivity index (χ2v) is 2.85. The quantitative estimate of drug-likeness (QED) is 0.792. The van der Waals surface area contributed by atoms with Gasteiger partial charge in [0.05, 0.1) is 25.2 Å². The molecule has 0 aromatic heterocycles. The molecule has 1 unspecified atom stereocenters. The van der Waals surface area contributed by atoms with Gasteiger partial charge in [-0.25, -0.2) is 0 Å². The second kappa shape index (κ2) is 5.25. The first-order valence-corrected chi connectivity index (χ1v) is 4.56. The monoisotopic (exact) mass is 191 g/mol. The van der Waals surface area contributed by atoms with Gasteiger partial charge >= 0.3 is 0 Å². The third-order valence-electron chi connectivity index (χ3n) is 1.86. The highest BCUT2D eigenvalue weighted by Crippen LogP contribution is 2.26. The van der Waals surface area contributed by atoms with Crippen molar-refractivity contribution in [2.75, 3.05) is 6.61 Å². The van der Waals surface area contributed by atoms with Crippen molar-refractivity contribution < 1.29 is 9.84 Å². The van der Waals surface area contributed by atoms with E-state index in [1.807, 2.05) is 25.1 Å². The summed E-state index contributed by atoms with van der Waals surface area (Å²) >= 11 is 0. The molecule has 0 saturated heterocycles. The lowest BCUT2D eigenvalue weighted by Gasteiger charge is -2.12. The van der Waals surface area contributed by atoms with Crippen LogP contribution in [0.2, 0.25) is 0 Å². The fourth-order valence-electron chi connectivity index (χ4n) is 1.24. The van der Waals surface area contributed by atoms with Crippen molar-refractivity contribution in [2.45, 2.75) is 19.4 Å². The number of nitrogens with zero attached hydrogens (tertiary/aromatic N) is 1. The minimum absolute atomic E-state index is 0.0874. The molecule has 74 valence electrons. The zero-order chi connectivity index (χ0) is 10.4. The molecule has 1 N–H and O–H groups in total. The fourth-order valence-corrected chi connectivity index (χ4v) is 1.24. The van der Waals surface area contributed by atoms with Crippen LogP contribution < -0.4 is 4.74 Å². The van der Waals surface area contributed by atoms with Gasteiger partial charge in [-0.2, -0.15) is 5.26 Å². The average molecular weight is 191 g/mol. The van der Waals surface area contributed by atoms with Crippen molar-refractivity contribution in [1.29, 1.82) is 5.26 Å². The number of hydrogen-bond donors (Lipinski definition) is 1. The van der Waals surface area contributed by atoms with Crippen molar-refractivity contribution in [1.82, 2.24) is 0 Å². The Morgan fingerprint density at radius 3 is 2.86 bits per heavy atom. The average Bonchev–Trinajstić information content (AvgIpc) is 2.19. The molecule has 1 aromatic rings. The van der Waals surface area contributed by atoms with Crippen LogP contribution >= 0.6 is 0 Å². The number of nitriles is 1. The van der Waals surface area contributed by atoms with Crippen LogP contribution in [0.3, 0.4) is 0 Å². The van der Waals surface area contributed by atoms with E-state index >= 15 is 0 Å². The minimum Gasteiger partial charge on any atom is -0.493 e. The molecule has 0 heterocycles. The van der Waals surface area contributed by atoms with Gasteiger partial charge in [-0.15, -0.1) is 0 Å². The number of hydrogen-bond acceptors (Lipinski definition) is 3.